The number of hydrogen-bond acceptors (Lipinski definition) is 4. The summed E-state index contributed by atoms with van der Waals surface area (Å²) in [6.07, 6.45) is 0. The van der Waals surface area contributed by atoms with Crippen LogP contribution in [0, 0.1) is 6.92 Å². The number of benzene rings is 1. The first kappa shape index (κ1) is 16.2. The summed E-state index contributed by atoms with van der Waals surface area (Å²) >= 11 is 1.99. The minimum Gasteiger partial charge on any atom is -0.399 e. The standard InChI is InChI=1S/C16H25N3OS/c1-10-7-14(17)5-6-15(10)18-16(20)13(4)19-8-11(2)21-12(3)9-19/h5-7,11-13H,8-9,17H2,1-4H3,(H,18,20). The van der Waals surface area contributed by atoms with Crippen molar-refractivity contribution in [2.45, 2.75) is 44.2 Å². The highest BCUT2D eigenvalue weighted by Crippen LogP contribution is 2.26. The van der Waals surface area contributed by atoms with Crippen LogP contribution in [-0.4, -0.2) is 40.4 Å². The minimum atomic E-state index is -0.118. The molecule has 0 bridgehead atoms. The Labute approximate surface area is 131 Å². The molecule has 0 aromatic heterocycles. The molecule has 1 aromatic carbocycles. The van der Waals surface area contributed by atoms with E-state index in [2.05, 4.69) is 24.1 Å². The molecule has 3 N–H and O–H groups in total. The predicted octanol–water partition coefficient (Wildman–Crippen LogP) is 2.73. The Balaban J connectivity index is 2.02. The van der Waals surface area contributed by atoms with Crippen molar-refractivity contribution in [3.05, 3.63) is 23.8 Å². The molecule has 0 radical (unpaired) electrons. The van der Waals surface area contributed by atoms with Crippen LogP contribution in [0.5, 0.6) is 0 Å². The van der Waals surface area contributed by atoms with Crippen molar-refractivity contribution >= 4 is 29.0 Å². The lowest BCUT2D eigenvalue weighted by Crippen LogP contribution is -2.49. The van der Waals surface area contributed by atoms with Gasteiger partial charge in [0.05, 0.1) is 6.04 Å². The third kappa shape index (κ3) is 4.14. The monoisotopic (exact) mass is 307 g/mol. The van der Waals surface area contributed by atoms with Gasteiger partial charge in [0.2, 0.25) is 5.91 Å². The number of anilines is 2. The fourth-order valence-electron chi connectivity index (χ4n) is 2.76. The second-order valence-electron chi connectivity index (χ2n) is 5.95. The number of nitrogens with zero attached hydrogens (tertiary/aromatic N) is 1. The van der Waals surface area contributed by atoms with E-state index in [1.807, 2.05) is 43.8 Å². The highest BCUT2D eigenvalue weighted by atomic mass is 32.2. The first-order chi connectivity index (χ1) is 9.86. The lowest BCUT2D eigenvalue weighted by Gasteiger charge is -2.37. The Morgan fingerprint density at radius 3 is 2.57 bits per heavy atom. The topological polar surface area (TPSA) is 58.4 Å². The van der Waals surface area contributed by atoms with Gasteiger partial charge >= 0.3 is 0 Å². The molecule has 21 heavy (non-hydrogen) atoms. The number of amides is 1. The van der Waals surface area contributed by atoms with Gasteiger partial charge in [-0.15, -0.1) is 0 Å². The number of nitrogens with two attached hydrogens (primary N) is 1. The zero-order chi connectivity index (χ0) is 15.6. The summed E-state index contributed by atoms with van der Waals surface area (Å²) in [4.78, 5) is 14.7. The summed E-state index contributed by atoms with van der Waals surface area (Å²) in [6, 6.07) is 5.44. The summed E-state index contributed by atoms with van der Waals surface area (Å²) in [5.74, 6) is 0.0502. The quantitative estimate of drug-likeness (QED) is 0.843. The average molecular weight is 307 g/mol. The number of carbonyl (C=O) groups excluding carboxylic acids is 1. The Hall–Kier alpha value is -1.20. The van der Waals surface area contributed by atoms with Gasteiger partial charge in [-0.2, -0.15) is 11.8 Å². The maximum absolute atomic E-state index is 12.5. The van der Waals surface area contributed by atoms with Crippen LogP contribution < -0.4 is 11.1 Å². The first-order valence-electron chi connectivity index (χ1n) is 7.43. The molecule has 1 aliphatic heterocycles. The van der Waals surface area contributed by atoms with Crippen molar-refractivity contribution in [1.29, 1.82) is 0 Å². The number of rotatable bonds is 3. The van der Waals surface area contributed by atoms with Crippen LogP contribution in [0.3, 0.4) is 0 Å². The highest BCUT2D eigenvalue weighted by Gasteiger charge is 2.29. The van der Waals surface area contributed by atoms with Crippen LogP contribution in [0.15, 0.2) is 18.2 Å². The molecule has 1 aliphatic rings. The molecule has 1 amide bonds. The Bertz CT molecular complexity index is 510. The van der Waals surface area contributed by atoms with Gasteiger partial charge in [0, 0.05) is 35.0 Å². The van der Waals surface area contributed by atoms with Crippen LogP contribution in [-0.2, 0) is 4.79 Å². The van der Waals surface area contributed by atoms with E-state index in [9.17, 15) is 4.79 Å². The van der Waals surface area contributed by atoms with Crippen molar-refractivity contribution < 1.29 is 4.79 Å². The molecule has 116 valence electrons. The molecule has 1 aromatic rings. The first-order valence-corrected chi connectivity index (χ1v) is 8.37. The van der Waals surface area contributed by atoms with E-state index in [0.717, 1.165) is 24.3 Å². The number of carbonyl (C=O) groups is 1. The average Bonchev–Trinajstić information content (AvgIpc) is 2.40. The molecular formula is C16H25N3OS. The normalized spacial score (nSPS) is 24.6. The van der Waals surface area contributed by atoms with E-state index in [4.69, 9.17) is 5.73 Å². The largest absolute Gasteiger partial charge is 0.399 e. The van der Waals surface area contributed by atoms with Crippen LogP contribution in [0.25, 0.3) is 0 Å². The van der Waals surface area contributed by atoms with Crippen molar-refractivity contribution in [1.82, 2.24) is 4.90 Å². The molecule has 1 saturated heterocycles. The number of hydrogen-bond donors (Lipinski definition) is 2. The molecule has 0 saturated carbocycles. The third-order valence-corrected chi connectivity index (χ3v) is 5.11. The van der Waals surface area contributed by atoms with E-state index < -0.39 is 0 Å². The molecule has 1 fully saturated rings. The van der Waals surface area contributed by atoms with Gasteiger partial charge in [0.25, 0.3) is 0 Å². The number of aryl methyl sites for hydroxylation is 1. The summed E-state index contributed by atoms with van der Waals surface area (Å²) < 4.78 is 0. The molecule has 4 nitrogen and oxygen atoms in total. The minimum absolute atomic E-state index is 0.0502. The summed E-state index contributed by atoms with van der Waals surface area (Å²) in [5, 5.41) is 4.16. The van der Waals surface area contributed by atoms with Crippen LogP contribution in [0.1, 0.15) is 26.3 Å². The van der Waals surface area contributed by atoms with Gasteiger partial charge < -0.3 is 11.1 Å². The van der Waals surface area contributed by atoms with Crippen molar-refractivity contribution in [2.75, 3.05) is 24.1 Å². The molecule has 0 spiro atoms. The van der Waals surface area contributed by atoms with Crippen LogP contribution in [0.2, 0.25) is 0 Å². The lowest BCUT2D eigenvalue weighted by molar-refractivity contribution is -0.120. The second kappa shape index (κ2) is 6.71. The van der Waals surface area contributed by atoms with Gasteiger partial charge in [0.15, 0.2) is 0 Å². The van der Waals surface area contributed by atoms with E-state index in [1.54, 1.807) is 0 Å². The van der Waals surface area contributed by atoms with Crippen molar-refractivity contribution in [3.63, 3.8) is 0 Å². The molecular weight excluding hydrogens is 282 g/mol. The van der Waals surface area contributed by atoms with Gasteiger partial charge in [0.1, 0.15) is 0 Å². The van der Waals surface area contributed by atoms with E-state index in [-0.39, 0.29) is 11.9 Å². The fraction of sp³-hybridized carbons (Fsp3) is 0.562. The lowest BCUT2D eigenvalue weighted by atomic mass is 10.1. The predicted molar refractivity (Wildman–Crippen MR) is 91.8 cm³/mol. The van der Waals surface area contributed by atoms with Gasteiger partial charge in [-0.1, -0.05) is 13.8 Å². The van der Waals surface area contributed by atoms with E-state index >= 15 is 0 Å². The SMILES string of the molecule is Cc1cc(N)ccc1NC(=O)C(C)N1CC(C)SC(C)C1. The van der Waals surface area contributed by atoms with Gasteiger partial charge in [-0.3, -0.25) is 9.69 Å². The van der Waals surface area contributed by atoms with Crippen molar-refractivity contribution in [3.8, 4) is 0 Å². The van der Waals surface area contributed by atoms with Crippen LogP contribution in [0.4, 0.5) is 11.4 Å². The molecule has 3 unspecified atom stereocenters. The van der Waals surface area contributed by atoms with Crippen molar-refractivity contribution in [2.24, 2.45) is 0 Å². The Morgan fingerprint density at radius 1 is 1.38 bits per heavy atom. The Morgan fingerprint density at radius 2 is 2.00 bits per heavy atom. The van der Waals surface area contributed by atoms with Gasteiger partial charge in [-0.05, 0) is 37.6 Å². The zero-order valence-electron chi connectivity index (χ0n) is 13.2. The molecule has 0 aliphatic carbocycles. The molecule has 1 heterocycles. The zero-order valence-corrected chi connectivity index (χ0v) is 14.0. The smallest absolute Gasteiger partial charge is 0.241 e. The fourth-order valence-corrected chi connectivity index (χ4v) is 4.11. The van der Waals surface area contributed by atoms with Gasteiger partial charge in [-0.25, -0.2) is 0 Å². The maximum atomic E-state index is 12.5. The number of thioether (sulfide) groups is 1. The van der Waals surface area contributed by atoms with E-state index in [0.29, 0.717) is 16.2 Å². The van der Waals surface area contributed by atoms with E-state index in [1.165, 1.54) is 0 Å². The third-order valence-electron chi connectivity index (χ3n) is 3.88. The number of nitrogens with one attached hydrogen (secondary N) is 1. The second-order valence-corrected chi connectivity index (χ2v) is 7.83. The maximum Gasteiger partial charge on any atom is 0.241 e. The van der Waals surface area contributed by atoms with Crippen LogP contribution >= 0.6 is 11.8 Å². The molecule has 3 atom stereocenters. The molecule has 5 heteroatoms. The number of nitrogen functional groups attached to an aromatic ring is 1. The summed E-state index contributed by atoms with van der Waals surface area (Å²) in [6.45, 7) is 10.3. The summed E-state index contributed by atoms with van der Waals surface area (Å²) in [7, 11) is 0. The Kier molecular flexibility index (Phi) is 5.17. The summed E-state index contributed by atoms with van der Waals surface area (Å²) in [5.41, 5.74) is 8.29. The molecule has 2 rings (SSSR count). The highest BCUT2D eigenvalue weighted by molar-refractivity contribution is 8.00.